The van der Waals surface area contributed by atoms with Gasteiger partial charge < -0.3 is 9.64 Å². The van der Waals surface area contributed by atoms with E-state index in [1.165, 1.54) is 0 Å². The lowest BCUT2D eigenvalue weighted by Crippen LogP contribution is -2.43. The molecule has 1 atom stereocenters. The predicted octanol–water partition coefficient (Wildman–Crippen LogP) is 4.08. The number of carbonyl (C=O) groups is 1. The van der Waals surface area contributed by atoms with Crippen LogP contribution in [0.3, 0.4) is 0 Å². The molecule has 1 amide bonds. The minimum Gasteiger partial charge on any atom is -0.481 e. The van der Waals surface area contributed by atoms with Crippen molar-refractivity contribution in [1.82, 2.24) is 15.1 Å². The largest absolute Gasteiger partial charge is 0.481 e. The van der Waals surface area contributed by atoms with Gasteiger partial charge in [0.05, 0.1) is 5.69 Å². The van der Waals surface area contributed by atoms with Gasteiger partial charge in [-0.3, -0.25) is 9.89 Å². The third kappa shape index (κ3) is 3.69. The van der Waals surface area contributed by atoms with E-state index < -0.39 is 6.10 Å². The van der Waals surface area contributed by atoms with E-state index in [-0.39, 0.29) is 5.91 Å². The van der Waals surface area contributed by atoms with Crippen molar-refractivity contribution in [3.05, 3.63) is 70.9 Å². The summed E-state index contributed by atoms with van der Waals surface area (Å²) in [5.41, 5.74) is 4.14. The predicted molar refractivity (Wildman–Crippen MR) is 105 cm³/mol. The van der Waals surface area contributed by atoms with E-state index in [0.717, 1.165) is 28.9 Å². The Hall–Kier alpha value is -2.79. The van der Waals surface area contributed by atoms with Crippen LogP contribution in [-0.2, 0) is 17.8 Å². The third-order valence-corrected chi connectivity index (χ3v) is 4.98. The molecule has 0 saturated carbocycles. The summed E-state index contributed by atoms with van der Waals surface area (Å²) >= 11 is 5.99. The summed E-state index contributed by atoms with van der Waals surface area (Å²) < 4.78 is 5.80. The second kappa shape index (κ2) is 7.45. The molecule has 1 aliphatic heterocycles. The van der Waals surface area contributed by atoms with Gasteiger partial charge in [0.25, 0.3) is 5.91 Å². The van der Waals surface area contributed by atoms with Crippen molar-refractivity contribution in [2.75, 3.05) is 6.54 Å². The normalized spacial score (nSPS) is 14.5. The number of aromatic amines is 1. The van der Waals surface area contributed by atoms with Crippen LogP contribution in [0, 0.1) is 0 Å². The average molecular weight is 382 g/mol. The molecule has 0 radical (unpaired) electrons. The summed E-state index contributed by atoms with van der Waals surface area (Å²) in [5, 5.41) is 8.18. The first kappa shape index (κ1) is 17.6. The van der Waals surface area contributed by atoms with Gasteiger partial charge in [-0.25, -0.2) is 0 Å². The molecule has 1 N–H and O–H groups in total. The van der Waals surface area contributed by atoms with Gasteiger partial charge in [-0.1, -0.05) is 48.0 Å². The number of fused-ring (bicyclic) bond motifs is 1. The molecule has 2 heterocycles. The summed E-state index contributed by atoms with van der Waals surface area (Å²) in [7, 11) is 0. The second-order valence-electron chi connectivity index (χ2n) is 6.62. The number of hydrogen-bond acceptors (Lipinski definition) is 3. The first-order valence-electron chi connectivity index (χ1n) is 8.94. The van der Waals surface area contributed by atoms with Crippen LogP contribution in [0.15, 0.2) is 54.6 Å². The number of nitrogens with one attached hydrogen (secondary N) is 1. The van der Waals surface area contributed by atoms with Gasteiger partial charge in [-0.2, -0.15) is 5.10 Å². The van der Waals surface area contributed by atoms with Crippen molar-refractivity contribution in [2.24, 2.45) is 0 Å². The molecule has 5 nitrogen and oxygen atoms in total. The monoisotopic (exact) mass is 381 g/mol. The van der Waals surface area contributed by atoms with Crippen LogP contribution in [0.25, 0.3) is 11.3 Å². The van der Waals surface area contributed by atoms with E-state index in [4.69, 9.17) is 16.3 Å². The molecule has 4 rings (SSSR count). The van der Waals surface area contributed by atoms with E-state index in [9.17, 15) is 4.79 Å². The Morgan fingerprint density at radius 1 is 1.22 bits per heavy atom. The maximum absolute atomic E-state index is 12.9. The summed E-state index contributed by atoms with van der Waals surface area (Å²) in [6.45, 7) is 2.94. The number of carbonyl (C=O) groups excluding carboxylic acids is 1. The number of H-pyrrole nitrogens is 1. The van der Waals surface area contributed by atoms with Gasteiger partial charge in [0.1, 0.15) is 5.75 Å². The zero-order chi connectivity index (χ0) is 18.8. The van der Waals surface area contributed by atoms with E-state index in [0.29, 0.717) is 23.9 Å². The Labute approximate surface area is 162 Å². The first-order chi connectivity index (χ1) is 13.1. The number of rotatable bonds is 4. The topological polar surface area (TPSA) is 58.2 Å². The molecule has 0 fully saturated rings. The lowest BCUT2D eigenvalue weighted by molar-refractivity contribution is -0.138. The molecule has 0 bridgehead atoms. The van der Waals surface area contributed by atoms with Gasteiger partial charge in [0.15, 0.2) is 6.10 Å². The van der Waals surface area contributed by atoms with Gasteiger partial charge in [-0.15, -0.1) is 0 Å². The van der Waals surface area contributed by atoms with Crippen LogP contribution in [0.5, 0.6) is 5.75 Å². The van der Waals surface area contributed by atoms with E-state index >= 15 is 0 Å². The van der Waals surface area contributed by atoms with E-state index in [1.807, 2.05) is 35.2 Å². The number of hydrogen-bond donors (Lipinski definition) is 1. The van der Waals surface area contributed by atoms with Crippen molar-refractivity contribution in [3.8, 4) is 17.0 Å². The highest BCUT2D eigenvalue weighted by Gasteiger charge is 2.29. The number of halogens is 1. The van der Waals surface area contributed by atoms with Gasteiger partial charge >= 0.3 is 0 Å². The maximum atomic E-state index is 12.9. The number of aromatic nitrogens is 2. The third-order valence-electron chi connectivity index (χ3n) is 4.75. The van der Waals surface area contributed by atoms with Crippen molar-refractivity contribution in [2.45, 2.75) is 26.0 Å². The minimum atomic E-state index is -0.586. The molecule has 1 aromatic heterocycles. The van der Waals surface area contributed by atoms with Crippen molar-refractivity contribution < 1.29 is 9.53 Å². The molecular formula is C21H20ClN3O2. The van der Waals surface area contributed by atoms with Crippen LogP contribution >= 0.6 is 11.6 Å². The Kier molecular flexibility index (Phi) is 4.86. The highest BCUT2D eigenvalue weighted by Crippen LogP contribution is 2.28. The Morgan fingerprint density at radius 2 is 2.04 bits per heavy atom. The van der Waals surface area contributed by atoms with Crippen LogP contribution in [0.1, 0.15) is 18.2 Å². The van der Waals surface area contributed by atoms with Gasteiger partial charge in [0, 0.05) is 41.4 Å². The molecule has 6 heteroatoms. The number of benzene rings is 2. The van der Waals surface area contributed by atoms with E-state index in [2.05, 4.69) is 10.2 Å². The Balaban J connectivity index is 1.50. The molecule has 0 spiro atoms. The lowest BCUT2D eigenvalue weighted by Gasteiger charge is -2.29. The lowest BCUT2D eigenvalue weighted by atomic mass is 10.0. The van der Waals surface area contributed by atoms with Crippen molar-refractivity contribution in [3.63, 3.8) is 0 Å². The molecule has 2 aromatic carbocycles. The quantitative estimate of drug-likeness (QED) is 0.740. The fraction of sp³-hybridized carbons (Fsp3) is 0.238. The molecule has 27 heavy (non-hydrogen) atoms. The highest BCUT2D eigenvalue weighted by molar-refractivity contribution is 6.30. The molecule has 1 aliphatic rings. The van der Waals surface area contributed by atoms with Crippen LogP contribution in [-0.4, -0.2) is 33.7 Å². The van der Waals surface area contributed by atoms with Crippen LogP contribution < -0.4 is 4.74 Å². The van der Waals surface area contributed by atoms with Gasteiger partial charge in [0.2, 0.25) is 0 Å². The Morgan fingerprint density at radius 3 is 2.81 bits per heavy atom. The summed E-state index contributed by atoms with van der Waals surface area (Å²) in [4.78, 5) is 14.7. The standard InChI is InChI=1S/C21H20ClN3O2/c1-14(27-17-9-5-8-16(22)12-17)21(26)25-11-10-19-18(13-25)20(24-23-19)15-6-3-2-4-7-15/h2-9,12,14H,10-11,13H2,1H3,(H,23,24). The summed E-state index contributed by atoms with van der Waals surface area (Å²) in [6, 6.07) is 17.1. The summed E-state index contributed by atoms with van der Waals surface area (Å²) in [5.74, 6) is 0.551. The molecule has 0 aliphatic carbocycles. The van der Waals surface area contributed by atoms with Crippen molar-refractivity contribution in [1.29, 1.82) is 0 Å². The molecule has 3 aromatic rings. The molecule has 138 valence electrons. The fourth-order valence-corrected chi connectivity index (χ4v) is 3.55. The highest BCUT2D eigenvalue weighted by atomic mass is 35.5. The SMILES string of the molecule is CC(Oc1cccc(Cl)c1)C(=O)N1CCc2[nH]nc(-c3ccccc3)c2C1. The average Bonchev–Trinajstić information content (AvgIpc) is 3.11. The fourth-order valence-electron chi connectivity index (χ4n) is 3.37. The first-order valence-corrected chi connectivity index (χ1v) is 9.32. The number of amides is 1. The smallest absolute Gasteiger partial charge is 0.263 e. The van der Waals surface area contributed by atoms with Crippen LogP contribution in [0.2, 0.25) is 5.02 Å². The van der Waals surface area contributed by atoms with Crippen LogP contribution in [0.4, 0.5) is 0 Å². The maximum Gasteiger partial charge on any atom is 0.263 e. The molecule has 1 unspecified atom stereocenters. The van der Waals surface area contributed by atoms with Gasteiger partial charge in [-0.05, 0) is 25.1 Å². The zero-order valence-corrected chi connectivity index (χ0v) is 15.7. The second-order valence-corrected chi connectivity index (χ2v) is 7.06. The zero-order valence-electron chi connectivity index (χ0n) is 15.0. The summed E-state index contributed by atoms with van der Waals surface area (Å²) in [6.07, 6.45) is 0.169. The number of nitrogens with zero attached hydrogens (tertiary/aromatic N) is 2. The number of ether oxygens (including phenoxy) is 1. The molecular weight excluding hydrogens is 362 g/mol. The minimum absolute atomic E-state index is 0.0409. The molecule has 0 saturated heterocycles. The van der Waals surface area contributed by atoms with Crippen molar-refractivity contribution >= 4 is 17.5 Å². The Bertz CT molecular complexity index is 955. The van der Waals surface area contributed by atoms with E-state index in [1.54, 1.807) is 31.2 Å².